The largest absolute Gasteiger partial charge is 0.435 e. The highest BCUT2D eigenvalue weighted by Crippen LogP contribution is 2.60. The molecule has 33 heavy (non-hydrogen) atoms. The molecule has 0 unspecified atom stereocenters. The van der Waals surface area contributed by atoms with Gasteiger partial charge in [-0.1, -0.05) is 62.7 Å². The normalized spacial score (nSPS) is 15.2. The van der Waals surface area contributed by atoms with Crippen LogP contribution in [0, 0.1) is 6.92 Å². The third-order valence-corrected chi connectivity index (χ3v) is 11.0. The molecule has 0 bridgehead atoms. The molecule has 0 spiro atoms. The summed E-state index contributed by atoms with van der Waals surface area (Å²) in [6.07, 6.45) is 2.14. The quantitative estimate of drug-likeness (QED) is 0.449. The van der Waals surface area contributed by atoms with E-state index in [4.69, 9.17) is 4.52 Å². The van der Waals surface area contributed by atoms with Gasteiger partial charge in [-0.25, -0.2) is 16.8 Å². The SMILES string of the molecule is Cc1ccc(OP2N(S(C)(=O)=O)c3cccc4cccc(c34)N2S(C)(=O)=O)c(C(C)(C)C)c1. The molecule has 0 N–H and O–H groups in total. The Morgan fingerprint density at radius 1 is 0.818 bits per heavy atom. The molecule has 0 fully saturated rings. The first kappa shape index (κ1) is 23.8. The molecule has 10 heteroatoms. The zero-order valence-electron chi connectivity index (χ0n) is 19.4. The third kappa shape index (κ3) is 4.29. The summed E-state index contributed by atoms with van der Waals surface area (Å²) in [5.41, 5.74) is 2.39. The fourth-order valence-corrected chi connectivity index (χ4v) is 9.12. The molecule has 1 aliphatic rings. The Balaban J connectivity index is 2.03. The van der Waals surface area contributed by atoms with E-state index in [1.54, 1.807) is 30.3 Å². The molecule has 7 nitrogen and oxygen atoms in total. The topological polar surface area (TPSA) is 84.0 Å². The molecule has 0 radical (unpaired) electrons. The van der Waals surface area contributed by atoms with Crippen LogP contribution in [0.2, 0.25) is 0 Å². The second-order valence-corrected chi connectivity index (χ2v) is 14.9. The number of hydrogen-bond donors (Lipinski definition) is 0. The predicted octanol–water partition coefficient (Wildman–Crippen LogP) is 5.30. The van der Waals surface area contributed by atoms with E-state index in [1.807, 2.05) is 52.0 Å². The summed E-state index contributed by atoms with van der Waals surface area (Å²) >= 11 is 0. The number of hydrogen-bond acceptors (Lipinski definition) is 5. The third-order valence-electron chi connectivity index (χ3n) is 5.34. The van der Waals surface area contributed by atoms with Gasteiger partial charge in [-0.2, -0.15) is 8.15 Å². The van der Waals surface area contributed by atoms with Gasteiger partial charge in [-0.3, -0.25) is 0 Å². The van der Waals surface area contributed by atoms with Crippen molar-refractivity contribution >= 4 is 50.6 Å². The van der Waals surface area contributed by atoms with Crippen LogP contribution in [0.15, 0.2) is 54.6 Å². The Labute approximate surface area is 197 Å². The second-order valence-electron chi connectivity index (χ2n) is 9.26. The molecule has 0 saturated heterocycles. The number of sulfonamides is 2. The summed E-state index contributed by atoms with van der Waals surface area (Å²) in [6.45, 7) is 8.05. The Morgan fingerprint density at radius 2 is 1.33 bits per heavy atom. The second kappa shape index (κ2) is 7.86. The van der Waals surface area contributed by atoms with Crippen LogP contribution in [-0.4, -0.2) is 29.3 Å². The highest BCUT2D eigenvalue weighted by Gasteiger charge is 2.46. The molecule has 0 aliphatic carbocycles. The molecular formula is C23H27N2O5PS2. The van der Waals surface area contributed by atoms with Gasteiger partial charge in [0.15, 0.2) is 0 Å². The van der Waals surface area contributed by atoms with E-state index in [1.165, 1.54) is 0 Å². The first-order valence-corrected chi connectivity index (χ1v) is 15.2. The Morgan fingerprint density at radius 3 is 1.79 bits per heavy atom. The van der Waals surface area contributed by atoms with Crippen LogP contribution in [0.1, 0.15) is 31.9 Å². The monoisotopic (exact) mass is 506 g/mol. The van der Waals surface area contributed by atoms with Crippen molar-refractivity contribution in [1.29, 1.82) is 0 Å². The van der Waals surface area contributed by atoms with E-state index in [-0.39, 0.29) is 5.41 Å². The number of aryl methyl sites for hydroxylation is 1. The summed E-state index contributed by atoms with van der Waals surface area (Å²) in [5, 5.41) is 1.30. The van der Waals surface area contributed by atoms with E-state index in [9.17, 15) is 16.8 Å². The summed E-state index contributed by atoms with van der Waals surface area (Å²) < 4.78 is 61.0. The molecule has 1 aliphatic heterocycles. The van der Waals surface area contributed by atoms with Crippen molar-refractivity contribution in [3.63, 3.8) is 0 Å². The summed E-state index contributed by atoms with van der Waals surface area (Å²) in [4.78, 5) is 0. The lowest BCUT2D eigenvalue weighted by Gasteiger charge is -2.41. The van der Waals surface area contributed by atoms with Crippen molar-refractivity contribution in [2.75, 3.05) is 20.7 Å². The number of nitrogens with zero attached hydrogens (tertiary/aromatic N) is 2. The maximum Gasteiger partial charge on any atom is 0.339 e. The summed E-state index contributed by atoms with van der Waals surface area (Å²) in [6, 6.07) is 16.2. The van der Waals surface area contributed by atoms with Crippen LogP contribution in [0.5, 0.6) is 5.75 Å². The standard InChI is InChI=1S/C23H27N2O5PS2/c1-16-13-14-21(18(15-16)23(2,3)4)30-31-24(32(5,26)27)19-11-7-9-17-10-8-12-20(22(17)19)25(31)33(6,28)29/h7-15H,1-6H3. The zero-order valence-corrected chi connectivity index (χ0v) is 21.9. The van der Waals surface area contributed by atoms with Gasteiger partial charge >= 0.3 is 8.45 Å². The Hall–Kier alpha value is -2.35. The molecule has 0 aromatic heterocycles. The smallest absolute Gasteiger partial charge is 0.339 e. The lowest BCUT2D eigenvalue weighted by molar-refractivity contribution is 0.534. The Bertz CT molecular complexity index is 1390. The zero-order chi connectivity index (χ0) is 24.3. The van der Waals surface area contributed by atoms with E-state index >= 15 is 0 Å². The predicted molar refractivity (Wildman–Crippen MR) is 136 cm³/mol. The van der Waals surface area contributed by atoms with E-state index < -0.39 is 28.5 Å². The van der Waals surface area contributed by atoms with Crippen molar-refractivity contribution in [2.45, 2.75) is 33.1 Å². The van der Waals surface area contributed by atoms with Crippen LogP contribution < -0.4 is 12.7 Å². The number of anilines is 2. The number of benzene rings is 3. The van der Waals surface area contributed by atoms with E-state index in [2.05, 4.69) is 0 Å². The minimum Gasteiger partial charge on any atom is -0.435 e. The molecular weight excluding hydrogens is 479 g/mol. The molecule has 3 aromatic rings. The van der Waals surface area contributed by atoms with Crippen molar-refractivity contribution in [3.05, 3.63) is 65.7 Å². The Kier molecular flexibility index (Phi) is 5.67. The van der Waals surface area contributed by atoms with Gasteiger partial charge in [-0.05, 0) is 35.9 Å². The fourth-order valence-electron chi connectivity index (χ4n) is 3.96. The molecule has 3 aromatic carbocycles. The van der Waals surface area contributed by atoms with Crippen molar-refractivity contribution in [1.82, 2.24) is 0 Å². The van der Waals surface area contributed by atoms with Gasteiger partial charge in [0.2, 0.25) is 20.0 Å². The van der Waals surface area contributed by atoms with Crippen molar-refractivity contribution < 1.29 is 21.4 Å². The van der Waals surface area contributed by atoms with Gasteiger partial charge < -0.3 is 4.52 Å². The van der Waals surface area contributed by atoms with Crippen LogP contribution in [-0.2, 0) is 25.5 Å². The molecule has 0 amide bonds. The maximum absolute atomic E-state index is 13.1. The minimum atomic E-state index is -3.90. The lowest BCUT2D eigenvalue weighted by Crippen LogP contribution is -2.40. The minimum absolute atomic E-state index is 0.309. The van der Waals surface area contributed by atoms with E-state index in [0.29, 0.717) is 22.5 Å². The summed E-state index contributed by atoms with van der Waals surface area (Å²) in [7, 11) is -10.2. The highest BCUT2D eigenvalue weighted by molar-refractivity contribution is 8.05. The van der Waals surface area contributed by atoms with Crippen molar-refractivity contribution in [2.24, 2.45) is 0 Å². The fraction of sp³-hybridized carbons (Fsp3) is 0.304. The maximum atomic E-state index is 13.1. The molecule has 176 valence electrons. The van der Waals surface area contributed by atoms with Crippen LogP contribution in [0.3, 0.4) is 0 Å². The first-order chi connectivity index (χ1) is 15.2. The van der Waals surface area contributed by atoms with Crippen molar-refractivity contribution in [3.8, 4) is 5.75 Å². The van der Waals surface area contributed by atoms with Crippen LogP contribution in [0.4, 0.5) is 11.4 Å². The van der Waals surface area contributed by atoms with Gasteiger partial charge in [0.25, 0.3) is 0 Å². The van der Waals surface area contributed by atoms with E-state index in [0.717, 1.165) is 37.2 Å². The molecule has 0 atom stereocenters. The summed E-state index contributed by atoms with van der Waals surface area (Å²) in [5.74, 6) is 0.452. The molecule has 0 saturated carbocycles. The first-order valence-electron chi connectivity index (χ1n) is 10.3. The average Bonchev–Trinajstić information content (AvgIpc) is 2.67. The van der Waals surface area contributed by atoms with Gasteiger partial charge in [0, 0.05) is 10.9 Å². The average molecular weight is 507 g/mol. The highest BCUT2D eigenvalue weighted by atomic mass is 32.2. The molecule has 4 rings (SSSR count). The lowest BCUT2D eigenvalue weighted by atomic mass is 9.85. The van der Waals surface area contributed by atoms with Gasteiger partial charge in [-0.15, -0.1) is 0 Å². The molecule has 1 heterocycles. The van der Waals surface area contributed by atoms with Crippen LogP contribution in [0.25, 0.3) is 10.8 Å². The van der Waals surface area contributed by atoms with Crippen LogP contribution >= 0.6 is 8.45 Å². The number of rotatable bonds is 4. The van der Waals surface area contributed by atoms with Gasteiger partial charge in [0.05, 0.1) is 23.9 Å². The van der Waals surface area contributed by atoms with Gasteiger partial charge in [0.1, 0.15) is 5.75 Å².